The molecule has 0 spiro atoms. The molecule has 0 saturated carbocycles. The van der Waals surface area contributed by atoms with E-state index in [1.807, 2.05) is 6.92 Å². The molecule has 0 aliphatic carbocycles. The van der Waals surface area contributed by atoms with Crippen molar-refractivity contribution in [3.05, 3.63) is 0 Å². The molecule has 0 radical (unpaired) electrons. The number of hydrogen-bond acceptors (Lipinski definition) is 5. The zero-order valence-electron chi connectivity index (χ0n) is 11.4. The summed E-state index contributed by atoms with van der Waals surface area (Å²) in [6.07, 6.45) is 4.07. The van der Waals surface area contributed by atoms with E-state index >= 15 is 0 Å². The fourth-order valence-electron chi connectivity index (χ4n) is 2.44. The minimum absolute atomic E-state index is 0.0172. The third-order valence-corrected chi connectivity index (χ3v) is 4.96. The average Bonchev–Trinajstić information content (AvgIpc) is 2.34. The first-order chi connectivity index (χ1) is 8.38. The van der Waals surface area contributed by atoms with Gasteiger partial charge < -0.3 is 4.74 Å². The minimum Gasteiger partial charge on any atom is -0.380 e. The predicted molar refractivity (Wildman–Crippen MR) is 71.3 cm³/mol. The quantitative estimate of drug-likeness (QED) is 0.524. The maximum Gasteiger partial charge on any atom is 0.211 e. The molecule has 6 nitrogen and oxygen atoms in total. The number of nitrogens with zero attached hydrogens (tertiary/aromatic N) is 1. The van der Waals surface area contributed by atoms with Crippen molar-refractivity contribution in [1.82, 2.24) is 9.73 Å². The van der Waals surface area contributed by atoms with Crippen molar-refractivity contribution in [2.24, 2.45) is 11.8 Å². The van der Waals surface area contributed by atoms with Gasteiger partial charge >= 0.3 is 0 Å². The monoisotopic (exact) mass is 279 g/mol. The van der Waals surface area contributed by atoms with Gasteiger partial charge in [-0.3, -0.25) is 11.3 Å². The fraction of sp³-hybridized carbons (Fsp3) is 1.00. The molecule has 0 bridgehead atoms. The van der Waals surface area contributed by atoms with Gasteiger partial charge in [-0.05, 0) is 32.1 Å². The minimum atomic E-state index is -3.08. The lowest BCUT2D eigenvalue weighted by Gasteiger charge is -2.34. The van der Waals surface area contributed by atoms with E-state index in [0.717, 1.165) is 19.3 Å². The van der Waals surface area contributed by atoms with Gasteiger partial charge in [-0.25, -0.2) is 12.7 Å². The molecule has 3 unspecified atom stereocenters. The number of nitrogens with two attached hydrogens (primary N) is 1. The van der Waals surface area contributed by atoms with Crippen LogP contribution in [-0.2, 0) is 14.8 Å². The highest BCUT2D eigenvalue weighted by Gasteiger charge is 2.28. The van der Waals surface area contributed by atoms with E-state index in [1.54, 1.807) is 11.4 Å². The van der Waals surface area contributed by atoms with E-state index in [1.165, 1.54) is 6.26 Å². The van der Waals surface area contributed by atoms with Crippen LogP contribution in [0.15, 0.2) is 0 Å². The molecule has 1 aliphatic rings. The van der Waals surface area contributed by atoms with E-state index in [9.17, 15) is 8.42 Å². The number of sulfonamides is 1. The van der Waals surface area contributed by atoms with E-state index in [-0.39, 0.29) is 12.1 Å². The Kier molecular flexibility index (Phi) is 6.00. The smallest absolute Gasteiger partial charge is 0.211 e. The van der Waals surface area contributed by atoms with Gasteiger partial charge in [0.2, 0.25) is 10.0 Å². The SMILES string of the molecule is COC(C)C(CC1CCCN(S(C)(=O)=O)C1)NN. The molecule has 7 heteroatoms. The lowest BCUT2D eigenvalue weighted by atomic mass is 9.91. The number of rotatable bonds is 6. The maximum atomic E-state index is 11.5. The average molecular weight is 279 g/mol. The standard InChI is InChI=1S/C11H25N3O3S/c1-9(17-2)11(13-12)7-10-5-4-6-14(8-10)18(3,15)16/h9-11,13H,4-8,12H2,1-3H3. The first-order valence-electron chi connectivity index (χ1n) is 6.32. The molecule has 0 aromatic heterocycles. The molecule has 0 amide bonds. The fourth-order valence-corrected chi connectivity index (χ4v) is 3.38. The molecule has 3 N–H and O–H groups in total. The maximum absolute atomic E-state index is 11.5. The van der Waals surface area contributed by atoms with E-state index < -0.39 is 10.0 Å². The highest BCUT2D eigenvalue weighted by atomic mass is 32.2. The first kappa shape index (κ1) is 15.8. The summed E-state index contributed by atoms with van der Waals surface area (Å²) in [6.45, 7) is 3.19. The lowest BCUT2D eigenvalue weighted by molar-refractivity contribution is 0.0693. The highest BCUT2D eigenvalue weighted by Crippen LogP contribution is 2.23. The Morgan fingerprint density at radius 3 is 2.72 bits per heavy atom. The van der Waals surface area contributed by atoms with Gasteiger partial charge in [-0.1, -0.05) is 0 Å². The molecule has 1 fully saturated rings. The van der Waals surface area contributed by atoms with Gasteiger partial charge in [0.15, 0.2) is 0 Å². The second-order valence-corrected chi connectivity index (χ2v) is 7.06. The third kappa shape index (κ3) is 4.47. The number of nitrogens with one attached hydrogen (secondary N) is 1. The van der Waals surface area contributed by atoms with Crippen LogP contribution in [-0.4, -0.2) is 51.3 Å². The van der Waals surface area contributed by atoms with Gasteiger partial charge in [0.05, 0.1) is 12.4 Å². The Hall–Kier alpha value is -0.210. The Balaban J connectivity index is 2.56. The van der Waals surface area contributed by atoms with Gasteiger partial charge in [-0.2, -0.15) is 0 Å². The van der Waals surface area contributed by atoms with Crippen molar-refractivity contribution in [2.45, 2.75) is 38.3 Å². The highest BCUT2D eigenvalue weighted by molar-refractivity contribution is 7.88. The summed E-state index contributed by atoms with van der Waals surface area (Å²) in [4.78, 5) is 0. The van der Waals surface area contributed by atoms with Crippen molar-refractivity contribution < 1.29 is 13.2 Å². The second kappa shape index (κ2) is 6.81. The molecule has 108 valence electrons. The lowest BCUT2D eigenvalue weighted by Crippen LogP contribution is -2.47. The first-order valence-corrected chi connectivity index (χ1v) is 8.17. The molecule has 0 aromatic carbocycles. The number of piperidine rings is 1. The molecule has 1 rings (SSSR count). The predicted octanol–water partition coefficient (Wildman–Crippen LogP) is -0.0851. The summed E-state index contributed by atoms with van der Waals surface area (Å²) in [7, 11) is -1.43. The number of methoxy groups -OCH3 is 1. The number of ether oxygens (including phenoxy) is 1. The number of hydrazine groups is 1. The summed E-state index contributed by atoms with van der Waals surface area (Å²) in [5.74, 6) is 5.86. The summed E-state index contributed by atoms with van der Waals surface area (Å²) in [5, 5.41) is 0. The van der Waals surface area contributed by atoms with Crippen LogP contribution in [0.2, 0.25) is 0 Å². The van der Waals surface area contributed by atoms with Crippen molar-refractivity contribution in [2.75, 3.05) is 26.5 Å². The van der Waals surface area contributed by atoms with Gasteiger partial charge in [0, 0.05) is 26.2 Å². The third-order valence-electron chi connectivity index (χ3n) is 3.69. The molecule has 3 atom stereocenters. The Bertz CT molecular complexity index is 347. The van der Waals surface area contributed by atoms with Crippen molar-refractivity contribution in [3.63, 3.8) is 0 Å². The summed E-state index contributed by atoms with van der Waals surface area (Å²) in [6, 6.07) is 0.0551. The van der Waals surface area contributed by atoms with E-state index in [2.05, 4.69) is 5.43 Å². The zero-order valence-corrected chi connectivity index (χ0v) is 12.2. The van der Waals surface area contributed by atoms with Crippen LogP contribution in [0.1, 0.15) is 26.2 Å². The van der Waals surface area contributed by atoms with Crippen molar-refractivity contribution in [1.29, 1.82) is 0 Å². The molecule has 1 heterocycles. The van der Waals surface area contributed by atoms with Gasteiger partial charge in [0.1, 0.15) is 0 Å². The van der Waals surface area contributed by atoms with Crippen LogP contribution in [0.25, 0.3) is 0 Å². The Labute approximate surface area is 110 Å². The summed E-state index contributed by atoms with van der Waals surface area (Å²) in [5.41, 5.74) is 2.76. The van der Waals surface area contributed by atoms with Crippen LogP contribution < -0.4 is 11.3 Å². The normalized spacial score (nSPS) is 25.9. The molecule has 18 heavy (non-hydrogen) atoms. The summed E-state index contributed by atoms with van der Waals surface area (Å²) >= 11 is 0. The molecular weight excluding hydrogens is 254 g/mol. The molecular formula is C11H25N3O3S. The van der Waals surface area contributed by atoms with E-state index in [0.29, 0.717) is 19.0 Å². The van der Waals surface area contributed by atoms with Gasteiger partial charge in [-0.15, -0.1) is 0 Å². The topological polar surface area (TPSA) is 84.7 Å². The van der Waals surface area contributed by atoms with E-state index in [4.69, 9.17) is 10.6 Å². The Morgan fingerprint density at radius 1 is 1.56 bits per heavy atom. The number of hydrogen-bond donors (Lipinski definition) is 2. The van der Waals surface area contributed by atoms with Crippen LogP contribution in [0.5, 0.6) is 0 Å². The van der Waals surface area contributed by atoms with Gasteiger partial charge in [0.25, 0.3) is 0 Å². The van der Waals surface area contributed by atoms with Crippen LogP contribution in [0, 0.1) is 5.92 Å². The van der Waals surface area contributed by atoms with Crippen molar-refractivity contribution in [3.8, 4) is 0 Å². The molecule has 0 aromatic rings. The van der Waals surface area contributed by atoms with Crippen LogP contribution in [0.3, 0.4) is 0 Å². The van der Waals surface area contributed by atoms with Crippen LogP contribution in [0.4, 0.5) is 0 Å². The zero-order chi connectivity index (χ0) is 13.8. The summed E-state index contributed by atoms with van der Waals surface area (Å²) < 4.78 is 29.9. The Morgan fingerprint density at radius 2 is 2.22 bits per heavy atom. The second-order valence-electron chi connectivity index (χ2n) is 5.08. The van der Waals surface area contributed by atoms with Crippen LogP contribution >= 0.6 is 0 Å². The molecule has 1 saturated heterocycles. The largest absolute Gasteiger partial charge is 0.380 e. The molecule has 1 aliphatic heterocycles. The van der Waals surface area contributed by atoms with Crippen molar-refractivity contribution >= 4 is 10.0 Å².